The number of thioether (sulfide) groups is 1. The van der Waals surface area contributed by atoms with Crippen LogP contribution in [0.2, 0.25) is 10.0 Å². The zero-order chi connectivity index (χ0) is 21.3. The number of carbonyl (C=O) groups excluding carboxylic acids is 1. The van der Waals surface area contributed by atoms with Crippen LogP contribution in [-0.2, 0) is 9.59 Å². The molecule has 1 amide bonds. The summed E-state index contributed by atoms with van der Waals surface area (Å²) in [5, 5.41) is 17.5. The Morgan fingerprint density at radius 3 is 2.62 bits per heavy atom. The highest BCUT2D eigenvalue weighted by Gasteiger charge is 2.69. The number of carbonyl (C=O) groups is 2. The molecule has 4 rings (SSSR count). The van der Waals surface area contributed by atoms with E-state index in [1.165, 1.54) is 16.7 Å². The van der Waals surface area contributed by atoms with Gasteiger partial charge in [-0.1, -0.05) is 34.4 Å². The number of hydrogen-bond donors (Lipinski definition) is 2. The van der Waals surface area contributed by atoms with Crippen LogP contribution in [0.15, 0.2) is 22.7 Å². The fraction of sp³-hybridized carbons (Fsp3) is 0.421. The highest BCUT2D eigenvalue weighted by molar-refractivity contribution is 8.01. The zero-order valence-electron chi connectivity index (χ0n) is 16.1. The summed E-state index contributed by atoms with van der Waals surface area (Å²) in [6.45, 7) is 7.20. The van der Waals surface area contributed by atoms with Gasteiger partial charge in [-0.05, 0) is 39.8 Å². The maximum Gasteiger partial charge on any atom is 0.327 e. The number of carboxylic acids is 1. The summed E-state index contributed by atoms with van der Waals surface area (Å²) < 4.78 is 4.76. The second kappa shape index (κ2) is 6.55. The summed E-state index contributed by atoms with van der Waals surface area (Å²) in [5.74, 6) is -0.762. The number of amides is 1. The standard InChI is InChI=1S/C19H19Cl2N3O4S/c1-8-12(13(23-28-8)9-5-6-10(20)11(21)7-9)22-19(4)16(27)24-14(15(25)26)18(2,3)29-17(19)24/h5-7,14,17,22H,1-4H3,(H,25,26)/t14-,17+,19-/m0/s1. The Bertz CT molecular complexity index is 1040. The van der Waals surface area contributed by atoms with Crippen molar-refractivity contribution in [2.45, 2.75) is 49.4 Å². The van der Waals surface area contributed by atoms with Gasteiger partial charge in [0.2, 0.25) is 0 Å². The van der Waals surface area contributed by atoms with Gasteiger partial charge < -0.3 is 19.8 Å². The van der Waals surface area contributed by atoms with Crippen LogP contribution in [0.1, 0.15) is 26.5 Å². The summed E-state index contributed by atoms with van der Waals surface area (Å²) in [4.78, 5) is 26.3. The number of anilines is 1. The number of nitrogens with zero attached hydrogens (tertiary/aromatic N) is 2. The third-order valence-electron chi connectivity index (χ3n) is 5.45. The van der Waals surface area contributed by atoms with Crippen LogP contribution in [0.4, 0.5) is 5.69 Å². The Morgan fingerprint density at radius 2 is 2.00 bits per heavy atom. The third-order valence-corrected chi connectivity index (χ3v) is 7.94. The molecule has 0 radical (unpaired) electrons. The van der Waals surface area contributed by atoms with E-state index in [2.05, 4.69) is 10.5 Å². The van der Waals surface area contributed by atoms with Gasteiger partial charge in [-0.2, -0.15) is 0 Å². The molecule has 0 unspecified atom stereocenters. The van der Waals surface area contributed by atoms with Crippen LogP contribution in [-0.4, -0.2) is 48.7 Å². The monoisotopic (exact) mass is 455 g/mol. The maximum atomic E-state index is 13.0. The summed E-state index contributed by atoms with van der Waals surface area (Å²) in [6.07, 6.45) is 0. The number of halogens is 2. The summed E-state index contributed by atoms with van der Waals surface area (Å²) in [5.41, 5.74) is 0.767. The van der Waals surface area contributed by atoms with E-state index >= 15 is 0 Å². The van der Waals surface area contributed by atoms with Gasteiger partial charge in [-0.3, -0.25) is 4.79 Å². The first-order chi connectivity index (χ1) is 13.5. The number of fused-ring (bicyclic) bond motifs is 1. The van der Waals surface area contributed by atoms with E-state index < -0.39 is 22.3 Å². The summed E-state index contributed by atoms with van der Waals surface area (Å²) in [7, 11) is 0. The molecule has 10 heteroatoms. The van der Waals surface area contributed by atoms with Gasteiger partial charge in [-0.25, -0.2) is 4.79 Å². The maximum absolute atomic E-state index is 13.0. The van der Waals surface area contributed by atoms with E-state index in [-0.39, 0.29) is 11.3 Å². The molecule has 0 saturated carbocycles. The SMILES string of the molecule is Cc1onc(-c2ccc(Cl)c(Cl)c2)c1N[C@@]1(C)C(=O)N2[C@@H](C(=O)O)C(C)(C)S[C@@H]21. The lowest BCUT2D eigenvalue weighted by molar-refractivity contribution is -0.163. The molecule has 3 atom stereocenters. The molecule has 2 aliphatic rings. The molecule has 0 aliphatic carbocycles. The predicted molar refractivity (Wildman–Crippen MR) is 112 cm³/mol. The fourth-order valence-corrected chi connectivity index (χ4v) is 5.90. The number of aromatic nitrogens is 1. The average molecular weight is 456 g/mol. The number of aliphatic carboxylic acids is 1. The topological polar surface area (TPSA) is 95.7 Å². The van der Waals surface area contributed by atoms with Crippen LogP contribution >= 0.6 is 35.0 Å². The van der Waals surface area contributed by atoms with E-state index in [0.29, 0.717) is 32.8 Å². The third kappa shape index (κ3) is 2.92. The fourth-order valence-electron chi connectivity index (χ4n) is 3.96. The van der Waals surface area contributed by atoms with Crippen molar-refractivity contribution in [3.8, 4) is 11.3 Å². The van der Waals surface area contributed by atoms with Crippen LogP contribution in [0.25, 0.3) is 11.3 Å². The highest BCUT2D eigenvalue weighted by Crippen LogP contribution is 2.56. The van der Waals surface area contributed by atoms with Crippen molar-refractivity contribution < 1.29 is 19.2 Å². The Labute approximate surface area is 181 Å². The molecule has 3 heterocycles. The van der Waals surface area contributed by atoms with E-state index in [4.69, 9.17) is 27.7 Å². The van der Waals surface area contributed by atoms with E-state index in [1.807, 2.05) is 13.8 Å². The first kappa shape index (κ1) is 20.4. The lowest BCUT2D eigenvalue weighted by Crippen LogP contribution is -2.75. The highest BCUT2D eigenvalue weighted by atomic mass is 35.5. The Balaban J connectivity index is 1.69. The molecule has 0 bridgehead atoms. The van der Waals surface area contributed by atoms with Gasteiger partial charge in [0.15, 0.2) is 5.76 Å². The van der Waals surface area contributed by atoms with Crippen molar-refractivity contribution in [1.29, 1.82) is 0 Å². The van der Waals surface area contributed by atoms with Gasteiger partial charge in [0.1, 0.15) is 28.3 Å². The van der Waals surface area contributed by atoms with Crippen molar-refractivity contribution >= 4 is 52.5 Å². The van der Waals surface area contributed by atoms with Gasteiger partial charge in [0.05, 0.1) is 10.0 Å². The molecule has 2 aromatic rings. The van der Waals surface area contributed by atoms with Crippen LogP contribution in [0.5, 0.6) is 0 Å². The van der Waals surface area contributed by atoms with E-state index in [9.17, 15) is 14.7 Å². The van der Waals surface area contributed by atoms with Gasteiger partial charge >= 0.3 is 5.97 Å². The smallest absolute Gasteiger partial charge is 0.327 e. The van der Waals surface area contributed by atoms with Gasteiger partial charge in [0.25, 0.3) is 5.91 Å². The Kier molecular flexibility index (Phi) is 4.60. The zero-order valence-corrected chi connectivity index (χ0v) is 18.4. The molecule has 1 aromatic carbocycles. The molecule has 2 fully saturated rings. The molecular weight excluding hydrogens is 437 g/mol. The Morgan fingerprint density at radius 1 is 1.31 bits per heavy atom. The summed E-state index contributed by atoms with van der Waals surface area (Å²) in [6, 6.07) is 4.23. The molecule has 1 aromatic heterocycles. The number of benzene rings is 1. The molecule has 0 spiro atoms. The number of β-lactam (4-membered cyclic amide) rings is 1. The van der Waals surface area contributed by atoms with Gasteiger partial charge in [0, 0.05) is 10.3 Å². The quantitative estimate of drug-likeness (QED) is 0.664. The first-order valence-corrected chi connectivity index (χ1v) is 10.5. The van der Waals surface area contributed by atoms with Gasteiger partial charge in [-0.15, -0.1) is 11.8 Å². The molecule has 2 saturated heterocycles. The molecule has 2 aliphatic heterocycles. The number of rotatable bonds is 4. The minimum absolute atomic E-state index is 0.270. The van der Waals surface area contributed by atoms with E-state index in [0.717, 1.165) is 0 Å². The van der Waals surface area contributed by atoms with Crippen LogP contribution in [0, 0.1) is 6.92 Å². The number of carboxylic acid groups (broad SMARTS) is 1. The first-order valence-electron chi connectivity index (χ1n) is 8.90. The van der Waals surface area contributed by atoms with Crippen molar-refractivity contribution in [3.63, 3.8) is 0 Å². The number of nitrogens with one attached hydrogen (secondary N) is 1. The predicted octanol–water partition coefficient (Wildman–Crippen LogP) is 4.27. The van der Waals surface area contributed by atoms with Crippen LogP contribution < -0.4 is 5.32 Å². The largest absolute Gasteiger partial charge is 0.480 e. The number of hydrogen-bond acceptors (Lipinski definition) is 6. The molecule has 7 nitrogen and oxygen atoms in total. The lowest BCUT2D eigenvalue weighted by Gasteiger charge is -2.51. The minimum Gasteiger partial charge on any atom is -0.480 e. The average Bonchev–Trinajstić information content (AvgIpc) is 3.13. The Hall–Kier alpha value is -1.90. The second-order valence-corrected chi connectivity index (χ2v) is 10.5. The normalized spacial score (nSPS) is 27.5. The van der Waals surface area contributed by atoms with Crippen molar-refractivity contribution in [2.75, 3.05) is 5.32 Å². The molecule has 2 N–H and O–H groups in total. The lowest BCUT2D eigenvalue weighted by atomic mass is 9.85. The van der Waals surface area contributed by atoms with E-state index in [1.54, 1.807) is 32.0 Å². The van der Waals surface area contributed by atoms with Crippen molar-refractivity contribution in [3.05, 3.63) is 34.0 Å². The minimum atomic E-state index is -1.00. The van der Waals surface area contributed by atoms with Crippen molar-refractivity contribution in [2.24, 2.45) is 0 Å². The van der Waals surface area contributed by atoms with Crippen LogP contribution in [0.3, 0.4) is 0 Å². The molecule has 154 valence electrons. The van der Waals surface area contributed by atoms with Crippen molar-refractivity contribution in [1.82, 2.24) is 10.1 Å². The second-order valence-electron chi connectivity index (χ2n) is 7.95. The number of aryl methyl sites for hydroxylation is 1. The summed E-state index contributed by atoms with van der Waals surface area (Å²) >= 11 is 13.6. The molecular formula is C19H19Cl2N3O4S. The molecule has 29 heavy (non-hydrogen) atoms.